The summed E-state index contributed by atoms with van der Waals surface area (Å²) < 4.78 is 11.7. The Morgan fingerprint density at radius 3 is 2.56 bits per heavy atom. The summed E-state index contributed by atoms with van der Waals surface area (Å²) in [4.78, 5) is 30.9. The number of methoxy groups -OCH3 is 2. The molecular formula is C17H24N4O4. The van der Waals surface area contributed by atoms with E-state index in [1.54, 1.807) is 12.1 Å². The third kappa shape index (κ3) is 4.69. The molecule has 1 aromatic carbocycles. The van der Waals surface area contributed by atoms with Crippen LogP contribution in [0.25, 0.3) is 10.9 Å². The van der Waals surface area contributed by atoms with Crippen LogP contribution < -0.4 is 20.3 Å². The Bertz CT molecular complexity index is 801. The zero-order valence-corrected chi connectivity index (χ0v) is 15.0. The van der Waals surface area contributed by atoms with Crippen molar-refractivity contribution in [1.29, 1.82) is 0 Å². The molecule has 0 atom stereocenters. The van der Waals surface area contributed by atoms with Crippen LogP contribution in [0.2, 0.25) is 0 Å². The number of ether oxygens (including phenoxy) is 2. The summed E-state index contributed by atoms with van der Waals surface area (Å²) in [7, 11) is 6.97. The molecule has 0 fully saturated rings. The number of carbonyl (C=O) groups excluding carboxylic acids is 1. The standard InChI is InChI=1S/C17H24N4O4/c1-20(2)7-5-6-18-16(22)10-21-11-19-13-9-15(25-4)14(24-3)8-12(13)17(21)23/h8-9,11H,5-7,10H2,1-4H3,(H,18,22). The molecule has 2 aromatic rings. The van der Waals surface area contributed by atoms with E-state index in [1.807, 2.05) is 19.0 Å². The molecule has 1 aromatic heterocycles. The van der Waals surface area contributed by atoms with Gasteiger partial charge < -0.3 is 19.7 Å². The van der Waals surface area contributed by atoms with E-state index in [0.29, 0.717) is 28.9 Å². The van der Waals surface area contributed by atoms with Crippen molar-refractivity contribution in [3.63, 3.8) is 0 Å². The van der Waals surface area contributed by atoms with Crippen molar-refractivity contribution in [2.75, 3.05) is 41.4 Å². The van der Waals surface area contributed by atoms with Gasteiger partial charge in [0.2, 0.25) is 5.91 Å². The minimum Gasteiger partial charge on any atom is -0.493 e. The second kappa shape index (κ2) is 8.48. The summed E-state index contributed by atoms with van der Waals surface area (Å²) >= 11 is 0. The van der Waals surface area contributed by atoms with Gasteiger partial charge in [-0.05, 0) is 33.1 Å². The molecule has 0 aliphatic rings. The minimum atomic E-state index is -0.297. The van der Waals surface area contributed by atoms with Gasteiger partial charge in [0.25, 0.3) is 5.56 Å². The first-order valence-corrected chi connectivity index (χ1v) is 7.99. The van der Waals surface area contributed by atoms with E-state index < -0.39 is 0 Å². The lowest BCUT2D eigenvalue weighted by Crippen LogP contribution is -2.33. The molecule has 0 spiro atoms. The molecule has 25 heavy (non-hydrogen) atoms. The van der Waals surface area contributed by atoms with Crippen molar-refractivity contribution < 1.29 is 14.3 Å². The molecule has 1 amide bonds. The summed E-state index contributed by atoms with van der Waals surface area (Å²) in [6.07, 6.45) is 2.22. The van der Waals surface area contributed by atoms with Gasteiger partial charge in [-0.3, -0.25) is 14.2 Å². The van der Waals surface area contributed by atoms with Gasteiger partial charge in [-0.15, -0.1) is 0 Å². The van der Waals surface area contributed by atoms with Crippen LogP contribution in [0, 0.1) is 0 Å². The number of nitrogens with one attached hydrogen (secondary N) is 1. The molecular weight excluding hydrogens is 324 g/mol. The number of hydrogen-bond acceptors (Lipinski definition) is 6. The van der Waals surface area contributed by atoms with E-state index in [1.165, 1.54) is 25.1 Å². The summed E-state index contributed by atoms with van der Waals surface area (Å²) in [6, 6.07) is 3.22. The highest BCUT2D eigenvalue weighted by Gasteiger charge is 2.12. The van der Waals surface area contributed by atoms with Crippen molar-refractivity contribution in [3.8, 4) is 11.5 Å². The number of amides is 1. The van der Waals surface area contributed by atoms with Gasteiger partial charge in [0.15, 0.2) is 11.5 Å². The Balaban J connectivity index is 2.15. The van der Waals surface area contributed by atoms with Crippen molar-refractivity contribution in [3.05, 3.63) is 28.8 Å². The molecule has 0 aliphatic heterocycles. The number of aromatic nitrogens is 2. The Morgan fingerprint density at radius 1 is 1.24 bits per heavy atom. The maximum atomic E-state index is 12.6. The number of carbonyl (C=O) groups is 1. The topological polar surface area (TPSA) is 85.7 Å². The Morgan fingerprint density at radius 2 is 1.92 bits per heavy atom. The fourth-order valence-corrected chi connectivity index (χ4v) is 2.43. The molecule has 136 valence electrons. The number of fused-ring (bicyclic) bond motifs is 1. The number of hydrogen-bond donors (Lipinski definition) is 1. The van der Waals surface area contributed by atoms with Crippen molar-refractivity contribution >= 4 is 16.8 Å². The van der Waals surface area contributed by atoms with Crippen LogP contribution in [0.4, 0.5) is 0 Å². The van der Waals surface area contributed by atoms with Crippen LogP contribution in [0.3, 0.4) is 0 Å². The maximum Gasteiger partial charge on any atom is 0.261 e. The van der Waals surface area contributed by atoms with Crippen molar-refractivity contribution in [2.24, 2.45) is 0 Å². The highest BCUT2D eigenvalue weighted by molar-refractivity contribution is 5.82. The first-order chi connectivity index (χ1) is 12.0. The van der Waals surface area contributed by atoms with E-state index in [4.69, 9.17) is 9.47 Å². The smallest absolute Gasteiger partial charge is 0.261 e. The van der Waals surface area contributed by atoms with E-state index in [9.17, 15) is 9.59 Å². The molecule has 0 bridgehead atoms. The molecule has 0 aliphatic carbocycles. The maximum absolute atomic E-state index is 12.6. The van der Waals surface area contributed by atoms with Crippen molar-refractivity contribution in [2.45, 2.75) is 13.0 Å². The quantitative estimate of drug-likeness (QED) is 0.699. The predicted molar refractivity (Wildman–Crippen MR) is 95.3 cm³/mol. The summed E-state index contributed by atoms with van der Waals surface area (Å²) in [6.45, 7) is 1.38. The molecule has 8 heteroatoms. The van der Waals surface area contributed by atoms with E-state index in [2.05, 4.69) is 10.3 Å². The molecule has 0 saturated heterocycles. The SMILES string of the molecule is COc1cc2ncn(CC(=O)NCCCN(C)C)c(=O)c2cc1OC. The first kappa shape index (κ1) is 18.7. The normalized spacial score (nSPS) is 10.9. The van der Waals surface area contributed by atoms with Crippen LogP contribution in [-0.4, -0.2) is 61.8 Å². The van der Waals surface area contributed by atoms with Crippen LogP contribution in [0.5, 0.6) is 11.5 Å². The van der Waals surface area contributed by atoms with Gasteiger partial charge in [-0.1, -0.05) is 0 Å². The summed E-state index contributed by atoms with van der Waals surface area (Å²) in [5.74, 6) is 0.723. The molecule has 0 unspecified atom stereocenters. The Labute approximate surface area is 146 Å². The van der Waals surface area contributed by atoms with Gasteiger partial charge in [-0.2, -0.15) is 0 Å². The van der Waals surface area contributed by atoms with Gasteiger partial charge in [0.05, 0.1) is 31.4 Å². The van der Waals surface area contributed by atoms with Crippen LogP contribution in [-0.2, 0) is 11.3 Å². The van der Waals surface area contributed by atoms with Gasteiger partial charge >= 0.3 is 0 Å². The van der Waals surface area contributed by atoms with E-state index in [0.717, 1.165) is 13.0 Å². The minimum absolute atomic E-state index is 0.0713. The number of benzene rings is 1. The Kier molecular flexibility index (Phi) is 6.35. The second-order valence-electron chi connectivity index (χ2n) is 5.91. The Hall–Kier alpha value is -2.61. The van der Waals surface area contributed by atoms with Crippen LogP contribution in [0.1, 0.15) is 6.42 Å². The lowest BCUT2D eigenvalue weighted by molar-refractivity contribution is -0.121. The second-order valence-corrected chi connectivity index (χ2v) is 5.91. The molecule has 8 nitrogen and oxygen atoms in total. The van der Waals surface area contributed by atoms with E-state index in [-0.39, 0.29) is 18.0 Å². The lowest BCUT2D eigenvalue weighted by Gasteiger charge is -2.11. The fraction of sp³-hybridized carbons (Fsp3) is 0.471. The third-order valence-electron chi connectivity index (χ3n) is 3.75. The molecule has 0 radical (unpaired) electrons. The van der Waals surface area contributed by atoms with Crippen LogP contribution in [0.15, 0.2) is 23.3 Å². The molecule has 0 saturated carbocycles. The summed E-state index contributed by atoms with van der Waals surface area (Å²) in [5, 5.41) is 3.18. The average molecular weight is 348 g/mol. The zero-order chi connectivity index (χ0) is 18.4. The number of rotatable bonds is 8. The fourth-order valence-electron chi connectivity index (χ4n) is 2.43. The van der Waals surface area contributed by atoms with Gasteiger partial charge in [0, 0.05) is 12.6 Å². The van der Waals surface area contributed by atoms with Gasteiger partial charge in [-0.25, -0.2) is 4.98 Å². The van der Waals surface area contributed by atoms with Crippen molar-refractivity contribution in [1.82, 2.24) is 19.8 Å². The molecule has 1 N–H and O–H groups in total. The van der Waals surface area contributed by atoms with Gasteiger partial charge in [0.1, 0.15) is 6.54 Å². The van der Waals surface area contributed by atoms with E-state index >= 15 is 0 Å². The monoisotopic (exact) mass is 348 g/mol. The zero-order valence-electron chi connectivity index (χ0n) is 15.0. The summed E-state index contributed by atoms with van der Waals surface area (Å²) in [5.41, 5.74) is 0.194. The average Bonchev–Trinajstić information content (AvgIpc) is 2.60. The first-order valence-electron chi connectivity index (χ1n) is 7.99. The van der Waals surface area contributed by atoms with Crippen LogP contribution >= 0.6 is 0 Å². The molecule has 2 rings (SSSR count). The highest BCUT2D eigenvalue weighted by Crippen LogP contribution is 2.29. The third-order valence-corrected chi connectivity index (χ3v) is 3.75. The largest absolute Gasteiger partial charge is 0.493 e. The predicted octanol–water partition coefficient (Wildman–Crippen LogP) is 0.482. The number of nitrogens with zero attached hydrogens (tertiary/aromatic N) is 3. The molecule has 1 heterocycles. The lowest BCUT2D eigenvalue weighted by atomic mass is 10.2. The highest BCUT2D eigenvalue weighted by atomic mass is 16.5.